The van der Waals surface area contributed by atoms with E-state index in [0.29, 0.717) is 5.02 Å². The number of carboxylic acid groups (broad SMARTS) is 1. The summed E-state index contributed by atoms with van der Waals surface area (Å²) in [6.07, 6.45) is 1.96. The topological polar surface area (TPSA) is 42.2 Å². The standard InChI is InChI=1S/C14H14ClNO2/c1-9-8-16(10(2)11(9)7-14(17)18)13-6-4-3-5-12(13)15/h3-6,8H,7H2,1-2H3,(H,17,18). The first-order valence-electron chi connectivity index (χ1n) is 5.65. The molecule has 0 fully saturated rings. The minimum Gasteiger partial charge on any atom is -0.481 e. The maximum atomic E-state index is 10.9. The van der Waals surface area contributed by atoms with E-state index in [1.165, 1.54) is 0 Å². The van der Waals surface area contributed by atoms with E-state index < -0.39 is 5.97 Å². The van der Waals surface area contributed by atoms with Crippen LogP contribution in [0.15, 0.2) is 30.5 Å². The predicted molar refractivity (Wildman–Crippen MR) is 71.6 cm³/mol. The molecule has 0 aliphatic rings. The molecular weight excluding hydrogens is 250 g/mol. The first kappa shape index (κ1) is 12.7. The van der Waals surface area contributed by atoms with Gasteiger partial charge in [0.1, 0.15) is 0 Å². The molecule has 18 heavy (non-hydrogen) atoms. The average molecular weight is 264 g/mol. The van der Waals surface area contributed by atoms with Crippen molar-refractivity contribution in [2.24, 2.45) is 0 Å². The van der Waals surface area contributed by atoms with E-state index >= 15 is 0 Å². The highest BCUT2D eigenvalue weighted by Gasteiger charge is 2.14. The Balaban J connectivity index is 2.54. The van der Waals surface area contributed by atoms with Crippen molar-refractivity contribution >= 4 is 17.6 Å². The molecule has 0 bridgehead atoms. The van der Waals surface area contributed by atoms with E-state index in [1.807, 2.05) is 48.9 Å². The molecule has 0 aliphatic carbocycles. The van der Waals surface area contributed by atoms with Crippen LogP contribution < -0.4 is 0 Å². The molecule has 0 aliphatic heterocycles. The van der Waals surface area contributed by atoms with Crippen molar-refractivity contribution in [1.82, 2.24) is 4.57 Å². The third-order valence-corrected chi connectivity index (χ3v) is 3.36. The Morgan fingerprint density at radius 3 is 2.61 bits per heavy atom. The van der Waals surface area contributed by atoms with Crippen molar-refractivity contribution in [3.8, 4) is 5.69 Å². The van der Waals surface area contributed by atoms with Crippen molar-refractivity contribution in [2.75, 3.05) is 0 Å². The van der Waals surface area contributed by atoms with Gasteiger partial charge < -0.3 is 9.67 Å². The number of aliphatic carboxylic acids is 1. The summed E-state index contributed by atoms with van der Waals surface area (Å²) in [6.45, 7) is 3.83. The normalized spacial score (nSPS) is 10.6. The van der Waals surface area contributed by atoms with E-state index in [0.717, 1.165) is 22.5 Å². The van der Waals surface area contributed by atoms with Crippen molar-refractivity contribution < 1.29 is 9.90 Å². The quantitative estimate of drug-likeness (QED) is 0.922. The number of hydrogen-bond donors (Lipinski definition) is 1. The minimum atomic E-state index is -0.821. The molecule has 0 saturated carbocycles. The van der Waals surface area contributed by atoms with E-state index in [9.17, 15) is 4.79 Å². The number of aryl methyl sites for hydroxylation is 1. The van der Waals surface area contributed by atoms with Crippen LogP contribution in [0.25, 0.3) is 5.69 Å². The molecule has 1 N–H and O–H groups in total. The lowest BCUT2D eigenvalue weighted by atomic mass is 10.1. The Kier molecular flexibility index (Phi) is 3.43. The van der Waals surface area contributed by atoms with Crippen molar-refractivity contribution in [2.45, 2.75) is 20.3 Å². The van der Waals surface area contributed by atoms with Gasteiger partial charge in [-0.05, 0) is 37.1 Å². The second kappa shape index (κ2) is 4.86. The van der Waals surface area contributed by atoms with Gasteiger partial charge in [-0.3, -0.25) is 4.79 Å². The van der Waals surface area contributed by atoms with Gasteiger partial charge in [0.2, 0.25) is 0 Å². The number of halogens is 1. The molecule has 0 spiro atoms. The molecule has 2 aromatic rings. The summed E-state index contributed by atoms with van der Waals surface area (Å²) in [6, 6.07) is 7.52. The number of hydrogen-bond acceptors (Lipinski definition) is 1. The molecule has 0 saturated heterocycles. The second-order valence-electron chi connectivity index (χ2n) is 4.27. The minimum absolute atomic E-state index is 0.0368. The Morgan fingerprint density at radius 2 is 2.00 bits per heavy atom. The monoisotopic (exact) mass is 263 g/mol. The molecule has 1 aromatic carbocycles. The van der Waals surface area contributed by atoms with Crippen molar-refractivity contribution in [3.63, 3.8) is 0 Å². The van der Waals surface area contributed by atoms with Crippen LogP contribution in [0, 0.1) is 13.8 Å². The van der Waals surface area contributed by atoms with E-state index in [-0.39, 0.29) is 6.42 Å². The highest BCUT2D eigenvalue weighted by atomic mass is 35.5. The van der Waals surface area contributed by atoms with Gasteiger partial charge in [0.05, 0.1) is 17.1 Å². The first-order valence-corrected chi connectivity index (χ1v) is 6.02. The number of carboxylic acids is 1. The van der Waals surface area contributed by atoms with Crippen molar-refractivity contribution in [3.05, 3.63) is 52.3 Å². The zero-order chi connectivity index (χ0) is 13.3. The molecule has 0 amide bonds. The fourth-order valence-electron chi connectivity index (χ4n) is 2.12. The summed E-state index contributed by atoms with van der Waals surface area (Å²) in [7, 11) is 0. The van der Waals surface area contributed by atoms with Crippen LogP contribution in [-0.2, 0) is 11.2 Å². The summed E-state index contributed by atoms with van der Waals surface area (Å²) in [5.74, 6) is -0.821. The first-order chi connectivity index (χ1) is 8.50. The molecule has 3 nitrogen and oxygen atoms in total. The van der Waals surface area contributed by atoms with Gasteiger partial charge in [-0.15, -0.1) is 0 Å². The molecule has 1 heterocycles. The third-order valence-electron chi connectivity index (χ3n) is 3.04. The van der Waals surface area contributed by atoms with Crippen LogP contribution in [0.3, 0.4) is 0 Å². The van der Waals surface area contributed by atoms with Crippen molar-refractivity contribution in [1.29, 1.82) is 0 Å². The fraction of sp³-hybridized carbons (Fsp3) is 0.214. The lowest BCUT2D eigenvalue weighted by Crippen LogP contribution is -2.03. The maximum Gasteiger partial charge on any atom is 0.307 e. The smallest absolute Gasteiger partial charge is 0.307 e. The van der Waals surface area contributed by atoms with Gasteiger partial charge in [-0.2, -0.15) is 0 Å². The number of aromatic nitrogens is 1. The average Bonchev–Trinajstić information content (AvgIpc) is 2.57. The SMILES string of the molecule is Cc1cn(-c2ccccc2Cl)c(C)c1CC(=O)O. The molecule has 4 heteroatoms. The lowest BCUT2D eigenvalue weighted by Gasteiger charge is -2.08. The molecule has 0 atom stereocenters. The summed E-state index contributed by atoms with van der Waals surface area (Å²) < 4.78 is 1.94. The van der Waals surface area contributed by atoms with E-state index in [1.54, 1.807) is 0 Å². The number of rotatable bonds is 3. The zero-order valence-electron chi connectivity index (χ0n) is 10.3. The molecule has 0 unspecified atom stereocenters. The Bertz CT molecular complexity index is 602. The second-order valence-corrected chi connectivity index (χ2v) is 4.68. The summed E-state index contributed by atoms with van der Waals surface area (Å²) in [5, 5.41) is 9.57. The molecule has 94 valence electrons. The Morgan fingerprint density at radius 1 is 1.33 bits per heavy atom. The van der Waals surface area contributed by atoms with Crippen LogP contribution in [0.1, 0.15) is 16.8 Å². The lowest BCUT2D eigenvalue weighted by molar-refractivity contribution is -0.136. The summed E-state index contributed by atoms with van der Waals surface area (Å²) in [5.41, 5.74) is 3.61. The number of benzene rings is 1. The van der Waals surface area contributed by atoms with Gasteiger partial charge in [0.25, 0.3) is 0 Å². The van der Waals surface area contributed by atoms with Crippen LogP contribution in [0.4, 0.5) is 0 Å². The van der Waals surface area contributed by atoms with Crippen LogP contribution in [0.2, 0.25) is 5.02 Å². The van der Waals surface area contributed by atoms with E-state index in [2.05, 4.69) is 0 Å². The molecule has 2 rings (SSSR count). The Hall–Kier alpha value is -1.74. The molecule has 1 aromatic heterocycles. The van der Waals surface area contributed by atoms with E-state index in [4.69, 9.17) is 16.7 Å². The zero-order valence-corrected chi connectivity index (χ0v) is 11.0. The maximum absolute atomic E-state index is 10.9. The molecular formula is C14H14ClNO2. The van der Waals surface area contributed by atoms with Gasteiger partial charge in [-0.25, -0.2) is 0 Å². The third kappa shape index (κ3) is 2.27. The number of nitrogens with zero attached hydrogens (tertiary/aromatic N) is 1. The summed E-state index contributed by atoms with van der Waals surface area (Å²) >= 11 is 6.16. The van der Waals surface area contributed by atoms with Crippen LogP contribution in [-0.4, -0.2) is 15.6 Å². The predicted octanol–water partition coefficient (Wildman–Crippen LogP) is 3.37. The number of para-hydroxylation sites is 1. The van der Waals surface area contributed by atoms with Gasteiger partial charge in [-0.1, -0.05) is 23.7 Å². The van der Waals surface area contributed by atoms with Crippen LogP contribution >= 0.6 is 11.6 Å². The number of carbonyl (C=O) groups is 1. The van der Waals surface area contributed by atoms with Gasteiger partial charge in [0, 0.05) is 11.9 Å². The highest BCUT2D eigenvalue weighted by Crippen LogP contribution is 2.26. The van der Waals surface area contributed by atoms with Gasteiger partial charge in [0.15, 0.2) is 0 Å². The Labute approximate surface area is 111 Å². The van der Waals surface area contributed by atoms with Crippen LogP contribution in [0.5, 0.6) is 0 Å². The highest BCUT2D eigenvalue weighted by molar-refractivity contribution is 6.32. The molecule has 0 radical (unpaired) electrons. The largest absolute Gasteiger partial charge is 0.481 e. The summed E-state index contributed by atoms with van der Waals surface area (Å²) in [4.78, 5) is 10.9. The fourth-order valence-corrected chi connectivity index (χ4v) is 2.34. The van der Waals surface area contributed by atoms with Gasteiger partial charge >= 0.3 is 5.97 Å².